The third-order valence-corrected chi connectivity index (χ3v) is 5.02. The lowest BCUT2D eigenvalue weighted by Gasteiger charge is -2.38. The van der Waals surface area contributed by atoms with Crippen LogP contribution in [0.2, 0.25) is 0 Å². The molecule has 1 aliphatic heterocycles. The second-order valence-electron chi connectivity index (χ2n) is 6.66. The van der Waals surface area contributed by atoms with Crippen LogP contribution >= 0.6 is 0 Å². The van der Waals surface area contributed by atoms with Crippen molar-refractivity contribution in [3.63, 3.8) is 0 Å². The van der Waals surface area contributed by atoms with E-state index in [9.17, 15) is 14.9 Å². The van der Waals surface area contributed by atoms with E-state index in [1.54, 1.807) is 6.07 Å². The van der Waals surface area contributed by atoms with Crippen molar-refractivity contribution in [3.8, 4) is 5.75 Å². The maximum absolute atomic E-state index is 12.7. The van der Waals surface area contributed by atoms with Gasteiger partial charge in [-0.25, -0.2) is 0 Å². The lowest BCUT2D eigenvalue weighted by Crippen LogP contribution is -2.52. The number of piperazine rings is 1. The largest absolute Gasteiger partial charge is 0.496 e. The van der Waals surface area contributed by atoms with Crippen LogP contribution in [0.5, 0.6) is 5.75 Å². The lowest BCUT2D eigenvalue weighted by atomic mass is 10.2. The molecule has 8 heteroatoms. The van der Waals surface area contributed by atoms with Crippen LogP contribution in [-0.4, -0.2) is 55.1 Å². The van der Waals surface area contributed by atoms with Gasteiger partial charge in [-0.3, -0.25) is 19.8 Å². The van der Waals surface area contributed by atoms with Gasteiger partial charge in [-0.15, -0.1) is 0 Å². The maximum atomic E-state index is 12.7. The first kappa shape index (κ1) is 19.6. The number of nitro groups is 1. The SMILES string of the molecule is COc1ccc(NC(=O)[C@@H](C)N2CCN(c3ccccc3)CC2)c([N+](=O)[O-])c1. The number of ether oxygens (including phenoxy) is 1. The van der Waals surface area contributed by atoms with Crippen LogP contribution in [0, 0.1) is 10.1 Å². The van der Waals surface area contributed by atoms with Crippen molar-refractivity contribution in [2.24, 2.45) is 0 Å². The minimum absolute atomic E-state index is 0.172. The Hall–Kier alpha value is -3.13. The zero-order valence-electron chi connectivity index (χ0n) is 16.0. The molecule has 1 atom stereocenters. The van der Waals surface area contributed by atoms with Gasteiger partial charge < -0.3 is 15.0 Å². The van der Waals surface area contributed by atoms with Gasteiger partial charge in [0.25, 0.3) is 5.69 Å². The zero-order valence-corrected chi connectivity index (χ0v) is 16.0. The van der Waals surface area contributed by atoms with Crippen LogP contribution in [0.25, 0.3) is 0 Å². The summed E-state index contributed by atoms with van der Waals surface area (Å²) in [6.07, 6.45) is 0. The number of nitrogens with zero attached hydrogens (tertiary/aromatic N) is 3. The summed E-state index contributed by atoms with van der Waals surface area (Å²) in [6.45, 7) is 4.96. The normalized spacial score (nSPS) is 15.7. The van der Waals surface area contributed by atoms with E-state index >= 15 is 0 Å². The van der Waals surface area contributed by atoms with Crippen molar-refractivity contribution in [2.45, 2.75) is 13.0 Å². The summed E-state index contributed by atoms with van der Waals surface area (Å²) in [5, 5.41) is 14.0. The van der Waals surface area contributed by atoms with Gasteiger partial charge in [0, 0.05) is 31.9 Å². The summed E-state index contributed by atoms with van der Waals surface area (Å²) in [4.78, 5) is 27.8. The fourth-order valence-corrected chi connectivity index (χ4v) is 3.30. The van der Waals surface area contributed by atoms with E-state index in [0.717, 1.165) is 26.2 Å². The Kier molecular flexibility index (Phi) is 6.10. The molecule has 0 aromatic heterocycles. The van der Waals surface area contributed by atoms with Crippen LogP contribution in [0.3, 0.4) is 0 Å². The van der Waals surface area contributed by atoms with E-state index in [1.807, 2.05) is 25.1 Å². The average molecular weight is 384 g/mol. The lowest BCUT2D eigenvalue weighted by molar-refractivity contribution is -0.384. The topological polar surface area (TPSA) is 88.0 Å². The van der Waals surface area contributed by atoms with Crippen LogP contribution in [0.15, 0.2) is 48.5 Å². The van der Waals surface area contributed by atoms with Gasteiger partial charge in [-0.1, -0.05) is 18.2 Å². The van der Waals surface area contributed by atoms with E-state index < -0.39 is 4.92 Å². The molecule has 1 amide bonds. The number of nitrogens with one attached hydrogen (secondary N) is 1. The van der Waals surface area contributed by atoms with E-state index in [1.165, 1.54) is 24.9 Å². The predicted octanol–water partition coefficient (Wildman–Crippen LogP) is 2.75. The molecule has 1 fully saturated rings. The molecule has 148 valence electrons. The van der Waals surface area contributed by atoms with Gasteiger partial charge in [-0.05, 0) is 31.2 Å². The molecular weight excluding hydrogens is 360 g/mol. The number of amides is 1. The number of benzene rings is 2. The second kappa shape index (κ2) is 8.71. The van der Waals surface area contributed by atoms with Gasteiger partial charge in [0.2, 0.25) is 5.91 Å². The fourth-order valence-electron chi connectivity index (χ4n) is 3.30. The van der Waals surface area contributed by atoms with E-state index in [4.69, 9.17) is 4.74 Å². The maximum Gasteiger partial charge on any atom is 0.296 e. The molecule has 1 N–H and O–H groups in total. The molecule has 2 aromatic rings. The predicted molar refractivity (Wildman–Crippen MR) is 108 cm³/mol. The Balaban J connectivity index is 1.62. The summed E-state index contributed by atoms with van der Waals surface area (Å²) in [5.74, 6) is 0.108. The Morgan fingerprint density at radius 3 is 2.43 bits per heavy atom. The first-order chi connectivity index (χ1) is 13.5. The number of para-hydroxylation sites is 1. The minimum atomic E-state index is -0.526. The van der Waals surface area contributed by atoms with Crippen molar-refractivity contribution in [1.82, 2.24) is 4.90 Å². The van der Waals surface area contributed by atoms with E-state index in [2.05, 4.69) is 27.2 Å². The molecule has 0 saturated carbocycles. The molecule has 1 saturated heterocycles. The Labute approximate surface area is 163 Å². The van der Waals surface area contributed by atoms with Gasteiger partial charge in [0.05, 0.1) is 24.1 Å². The van der Waals surface area contributed by atoms with Gasteiger partial charge in [0.1, 0.15) is 11.4 Å². The highest BCUT2D eigenvalue weighted by atomic mass is 16.6. The number of anilines is 2. The minimum Gasteiger partial charge on any atom is -0.496 e. The standard InChI is InChI=1S/C20H24N4O4/c1-15(22-10-12-23(13-11-22)16-6-4-3-5-7-16)20(25)21-18-9-8-17(28-2)14-19(18)24(26)27/h3-9,14-15H,10-13H2,1-2H3,(H,21,25)/t15-/m1/s1. The van der Waals surface area contributed by atoms with Crippen molar-refractivity contribution in [3.05, 3.63) is 58.6 Å². The highest BCUT2D eigenvalue weighted by Gasteiger charge is 2.27. The Morgan fingerprint density at radius 2 is 1.82 bits per heavy atom. The van der Waals surface area contributed by atoms with Crippen molar-refractivity contribution >= 4 is 23.0 Å². The van der Waals surface area contributed by atoms with Crippen LogP contribution in [-0.2, 0) is 4.79 Å². The van der Waals surface area contributed by atoms with Crippen LogP contribution in [0.1, 0.15) is 6.92 Å². The number of hydrogen-bond acceptors (Lipinski definition) is 6. The van der Waals surface area contributed by atoms with Crippen LogP contribution in [0.4, 0.5) is 17.1 Å². The van der Waals surface area contributed by atoms with Gasteiger partial charge >= 0.3 is 0 Å². The molecule has 28 heavy (non-hydrogen) atoms. The number of methoxy groups -OCH3 is 1. The second-order valence-corrected chi connectivity index (χ2v) is 6.66. The highest BCUT2D eigenvalue weighted by molar-refractivity contribution is 5.96. The zero-order chi connectivity index (χ0) is 20.1. The molecule has 1 heterocycles. The van der Waals surface area contributed by atoms with Gasteiger partial charge in [0.15, 0.2) is 0 Å². The summed E-state index contributed by atoms with van der Waals surface area (Å²) < 4.78 is 5.02. The molecule has 0 spiro atoms. The smallest absolute Gasteiger partial charge is 0.296 e. The highest BCUT2D eigenvalue weighted by Crippen LogP contribution is 2.29. The Bertz CT molecular complexity index is 835. The van der Waals surface area contributed by atoms with E-state index in [0.29, 0.717) is 5.75 Å². The quantitative estimate of drug-likeness (QED) is 0.609. The fraction of sp³-hybridized carbons (Fsp3) is 0.350. The number of nitro benzene ring substituents is 1. The molecule has 0 bridgehead atoms. The number of carbonyl (C=O) groups excluding carboxylic acids is 1. The summed E-state index contributed by atoms with van der Waals surface area (Å²) in [5.41, 5.74) is 1.16. The summed E-state index contributed by atoms with van der Waals surface area (Å²) in [6, 6.07) is 14.2. The molecule has 0 aliphatic carbocycles. The summed E-state index contributed by atoms with van der Waals surface area (Å²) in [7, 11) is 1.44. The molecule has 8 nitrogen and oxygen atoms in total. The third-order valence-electron chi connectivity index (χ3n) is 5.02. The molecule has 1 aliphatic rings. The number of carbonyl (C=O) groups is 1. The molecule has 3 rings (SSSR count). The average Bonchev–Trinajstić information content (AvgIpc) is 2.74. The first-order valence-corrected chi connectivity index (χ1v) is 9.17. The van der Waals surface area contributed by atoms with Crippen molar-refractivity contribution in [1.29, 1.82) is 0 Å². The molecule has 0 unspecified atom stereocenters. The molecular formula is C20H24N4O4. The monoisotopic (exact) mass is 384 g/mol. The van der Waals surface area contributed by atoms with Crippen molar-refractivity contribution in [2.75, 3.05) is 43.5 Å². The number of hydrogen-bond donors (Lipinski definition) is 1. The molecule has 0 radical (unpaired) electrons. The van der Waals surface area contributed by atoms with Gasteiger partial charge in [-0.2, -0.15) is 0 Å². The van der Waals surface area contributed by atoms with Crippen molar-refractivity contribution < 1.29 is 14.5 Å². The third kappa shape index (κ3) is 4.40. The summed E-state index contributed by atoms with van der Waals surface area (Å²) >= 11 is 0. The number of rotatable bonds is 6. The van der Waals surface area contributed by atoms with E-state index in [-0.39, 0.29) is 23.3 Å². The first-order valence-electron chi connectivity index (χ1n) is 9.17. The molecule has 2 aromatic carbocycles. The Morgan fingerprint density at radius 1 is 1.14 bits per heavy atom. The van der Waals surface area contributed by atoms with Crippen LogP contribution < -0.4 is 15.0 Å².